The third-order valence-electron chi connectivity index (χ3n) is 5.89. The number of nitrogens with zero attached hydrogens (tertiary/aromatic N) is 1. The van der Waals surface area contributed by atoms with Gasteiger partial charge in [0.1, 0.15) is 23.7 Å². The Morgan fingerprint density at radius 3 is 2.38 bits per heavy atom. The number of likely N-dealkylation sites (tertiary alicyclic amines) is 1. The van der Waals surface area contributed by atoms with Crippen molar-refractivity contribution in [3.05, 3.63) is 60.2 Å². The molecule has 4 atom stereocenters. The number of ether oxygens (including phenoxy) is 2. The Labute approximate surface area is 171 Å². The lowest BCUT2D eigenvalue weighted by molar-refractivity contribution is 0.0139. The summed E-state index contributed by atoms with van der Waals surface area (Å²) in [5.74, 6) is 1.30. The van der Waals surface area contributed by atoms with Gasteiger partial charge in [0, 0.05) is 12.0 Å². The van der Waals surface area contributed by atoms with Crippen LogP contribution in [-0.2, 0) is 0 Å². The summed E-state index contributed by atoms with van der Waals surface area (Å²) >= 11 is 0. The van der Waals surface area contributed by atoms with Crippen LogP contribution in [0.1, 0.15) is 29.6 Å². The van der Waals surface area contributed by atoms with Crippen molar-refractivity contribution in [2.75, 3.05) is 20.2 Å². The van der Waals surface area contributed by atoms with E-state index >= 15 is 0 Å². The largest absolute Gasteiger partial charge is 0.497 e. The van der Waals surface area contributed by atoms with E-state index in [-0.39, 0.29) is 24.1 Å². The SMILES string of the molecule is COc1ccc(C(=O)N[C@@H]2C[C@@H](Oc3ccccc3)[C@H](O)[C@H]2N2CCCC2)cc1. The number of methoxy groups -OCH3 is 1. The molecule has 6 heteroatoms. The molecule has 2 N–H and O–H groups in total. The molecule has 1 amide bonds. The quantitative estimate of drug-likeness (QED) is 0.785. The summed E-state index contributed by atoms with van der Waals surface area (Å²) in [5.41, 5.74) is 0.577. The second kappa shape index (κ2) is 8.84. The minimum Gasteiger partial charge on any atom is -0.497 e. The van der Waals surface area contributed by atoms with Crippen molar-refractivity contribution in [3.8, 4) is 11.5 Å². The molecule has 0 bridgehead atoms. The number of para-hydroxylation sites is 1. The number of amides is 1. The minimum absolute atomic E-state index is 0.144. The van der Waals surface area contributed by atoms with Gasteiger partial charge in [-0.15, -0.1) is 0 Å². The molecule has 0 radical (unpaired) electrons. The number of rotatable bonds is 6. The second-order valence-corrected chi connectivity index (χ2v) is 7.74. The van der Waals surface area contributed by atoms with Gasteiger partial charge in [-0.25, -0.2) is 0 Å². The fraction of sp³-hybridized carbons (Fsp3) is 0.435. The molecular weight excluding hydrogens is 368 g/mol. The van der Waals surface area contributed by atoms with Crippen molar-refractivity contribution in [3.63, 3.8) is 0 Å². The normalized spacial score (nSPS) is 27.0. The first-order valence-electron chi connectivity index (χ1n) is 10.2. The van der Waals surface area contributed by atoms with Crippen LogP contribution in [0.2, 0.25) is 0 Å². The summed E-state index contributed by atoms with van der Waals surface area (Å²) < 4.78 is 11.2. The average Bonchev–Trinajstić information content (AvgIpc) is 3.37. The third kappa shape index (κ3) is 4.38. The molecule has 1 aliphatic heterocycles. The average molecular weight is 396 g/mol. The standard InChI is InChI=1S/C23H28N2O4/c1-28-17-11-9-16(10-12-17)23(27)24-19-15-20(29-18-7-3-2-4-8-18)22(26)21(19)25-13-5-6-14-25/h2-4,7-12,19-22,26H,5-6,13-15H2,1H3,(H,24,27)/t19-,20-,21+,22+/m1/s1. The van der Waals surface area contributed by atoms with Gasteiger partial charge >= 0.3 is 0 Å². The predicted molar refractivity (Wildman–Crippen MR) is 110 cm³/mol. The lowest BCUT2D eigenvalue weighted by atomic mass is 10.1. The van der Waals surface area contributed by atoms with Gasteiger partial charge < -0.3 is 19.9 Å². The number of carbonyl (C=O) groups excluding carboxylic acids is 1. The highest BCUT2D eigenvalue weighted by atomic mass is 16.5. The van der Waals surface area contributed by atoms with Crippen molar-refractivity contribution < 1.29 is 19.4 Å². The monoisotopic (exact) mass is 396 g/mol. The van der Waals surface area contributed by atoms with Crippen molar-refractivity contribution >= 4 is 5.91 Å². The van der Waals surface area contributed by atoms with Crippen LogP contribution in [0.4, 0.5) is 0 Å². The maximum absolute atomic E-state index is 12.8. The number of nitrogens with one attached hydrogen (secondary N) is 1. The van der Waals surface area contributed by atoms with Crippen LogP contribution in [0.25, 0.3) is 0 Å². The van der Waals surface area contributed by atoms with Crippen molar-refractivity contribution in [1.82, 2.24) is 10.2 Å². The van der Waals surface area contributed by atoms with Crippen LogP contribution in [0.5, 0.6) is 11.5 Å². The van der Waals surface area contributed by atoms with Gasteiger partial charge in [-0.2, -0.15) is 0 Å². The Morgan fingerprint density at radius 2 is 1.72 bits per heavy atom. The van der Waals surface area contributed by atoms with Crippen LogP contribution >= 0.6 is 0 Å². The van der Waals surface area contributed by atoms with Gasteiger partial charge in [0.2, 0.25) is 0 Å². The molecule has 1 saturated heterocycles. The maximum atomic E-state index is 12.8. The Balaban J connectivity index is 1.49. The first-order chi connectivity index (χ1) is 14.2. The highest BCUT2D eigenvalue weighted by molar-refractivity contribution is 5.94. The summed E-state index contributed by atoms with van der Waals surface area (Å²) in [6, 6.07) is 16.3. The van der Waals surface area contributed by atoms with Crippen LogP contribution in [0.15, 0.2) is 54.6 Å². The van der Waals surface area contributed by atoms with E-state index in [1.807, 2.05) is 30.3 Å². The van der Waals surface area contributed by atoms with Crippen LogP contribution in [-0.4, -0.2) is 60.4 Å². The highest BCUT2D eigenvalue weighted by Gasteiger charge is 2.47. The molecule has 2 aliphatic rings. The Kier molecular flexibility index (Phi) is 6.02. The number of aliphatic hydroxyl groups excluding tert-OH is 1. The molecule has 0 aromatic heterocycles. The maximum Gasteiger partial charge on any atom is 0.251 e. The van der Waals surface area contributed by atoms with E-state index in [0.717, 1.165) is 31.7 Å². The van der Waals surface area contributed by atoms with Gasteiger partial charge in [0.25, 0.3) is 5.91 Å². The molecule has 0 spiro atoms. The lowest BCUT2D eigenvalue weighted by Crippen LogP contribution is -2.52. The summed E-state index contributed by atoms with van der Waals surface area (Å²) in [7, 11) is 1.60. The van der Waals surface area contributed by atoms with E-state index in [9.17, 15) is 9.90 Å². The number of hydrogen-bond donors (Lipinski definition) is 2. The molecule has 1 heterocycles. The Hall–Kier alpha value is -2.57. The summed E-state index contributed by atoms with van der Waals surface area (Å²) in [6.07, 6.45) is 1.79. The molecule has 1 aliphatic carbocycles. The van der Waals surface area contributed by atoms with Gasteiger partial charge in [-0.3, -0.25) is 9.69 Å². The number of aliphatic hydroxyl groups is 1. The molecule has 6 nitrogen and oxygen atoms in total. The topological polar surface area (TPSA) is 71.0 Å². The fourth-order valence-electron chi connectivity index (χ4n) is 4.43. The smallest absolute Gasteiger partial charge is 0.251 e. The fourth-order valence-corrected chi connectivity index (χ4v) is 4.43. The molecular formula is C23H28N2O4. The van der Waals surface area contributed by atoms with Crippen LogP contribution in [0.3, 0.4) is 0 Å². The van der Waals surface area contributed by atoms with Crippen LogP contribution < -0.4 is 14.8 Å². The van der Waals surface area contributed by atoms with Gasteiger partial charge in [-0.05, 0) is 62.3 Å². The van der Waals surface area contributed by atoms with E-state index in [1.165, 1.54) is 0 Å². The molecule has 0 unspecified atom stereocenters. The first kappa shape index (κ1) is 19.7. The summed E-state index contributed by atoms with van der Waals surface area (Å²) in [5, 5.41) is 14.2. The molecule has 2 fully saturated rings. The van der Waals surface area contributed by atoms with Crippen molar-refractivity contribution in [1.29, 1.82) is 0 Å². The zero-order valence-corrected chi connectivity index (χ0v) is 16.7. The van der Waals surface area contributed by atoms with Gasteiger partial charge in [0.05, 0.1) is 19.2 Å². The molecule has 154 valence electrons. The van der Waals surface area contributed by atoms with E-state index in [2.05, 4.69) is 10.2 Å². The summed E-state index contributed by atoms with van der Waals surface area (Å²) in [4.78, 5) is 15.1. The zero-order valence-electron chi connectivity index (χ0n) is 16.7. The highest BCUT2D eigenvalue weighted by Crippen LogP contribution is 2.31. The lowest BCUT2D eigenvalue weighted by Gasteiger charge is -2.32. The van der Waals surface area contributed by atoms with Crippen LogP contribution in [0, 0.1) is 0 Å². The minimum atomic E-state index is -0.658. The zero-order chi connectivity index (χ0) is 20.2. The second-order valence-electron chi connectivity index (χ2n) is 7.74. The Bertz CT molecular complexity index is 805. The molecule has 29 heavy (non-hydrogen) atoms. The molecule has 1 saturated carbocycles. The number of hydrogen-bond acceptors (Lipinski definition) is 5. The predicted octanol–water partition coefficient (Wildman–Crippen LogP) is 2.47. The van der Waals surface area contributed by atoms with Crippen molar-refractivity contribution in [2.24, 2.45) is 0 Å². The molecule has 4 rings (SSSR count). The number of carbonyl (C=O) groups is 1. The summed E-state index contributed by atoms with van der Waals surface area (Å²) in [6.45, 7) is 1.88. The Morgan fingerprint density at radius 1 is 1.03 bits per heavy atom. The van der Waals surface area contributed by atoms with Gasteiger partial charge in [0.15, 0.2) is 0 Å². The molecule has 2 aromatic rings. The van der Waals surface area contributed by atoms with Gasteiger partial charge in [-0.1, -0.05) is 18.2 Å². The van der Waals surface area contributed by atoms with E-state index in [4.69, 9.17) is 9.47 Å². The van der Waals surface area contributed by atoms with E-state index < -0.39 is 6.10 Å². The molecule has 2 aromatic carbocycles. The van der Waals surface area contributed by atoms with E-state index in [1.54, 1.807) is 31.4 Å². The van der Waals surface area contributed by atoms with E-state index in [0.29, 0.717) is 17.7 Å². The third-order valence-corrected chi connectivity index (χ3v) is 5.89. The first-order valence-corrected chi connectivity index (χ1v) is 10.2. The number of benzene rings is 2. The van der Waals surface area contributed by atoms with Crippen molar-refractivity contribution in [2.45, 2.75) is 43.6 Å².